The van der Waals surface area contributed by atoms with Crippen molar-refractivity contribution >= 4 is 39.2 Å². The number of amides is 2. The smallest absolute Gasteiger partial charge is 0.339 e. The Hall–Kier alpha value is -2.38. The number of carbonyl (C=O) groups excluding carboxylic acids is 2. The van der Waals surface area contributed by atoms with Crippen molar-refractivity contribution in [2.24, 2.45) is 11.8 Å². The molecule has 0 spiro atoms. The molecule has 1 saturated carbocycles. The summed E-state index contributed by atoms with van der Waals surface area (Å²) in [5, 5.41) is 0.420. The van der Waals surface area contributed by atoms with E-state index in [1.54, 1.807) is 0 Å². The van der Waals surface area contributed by atoms with Crippen LogP contribution in [0.1, 0.15) is 25.7 Å². The number of hydrogen-bond donors (Lipinski definition) is 0. The fourth-order valence-corrected chi connectivity index (χ4v) is 4.90. The highest BCUT2D eigenvalue weighted by molar-refractivity contribution is 7.87. The Labute approximate surface area is 168 Å². The molecule has 2 atom stereocenters. The summed E-state index contributed by atoms with van der Waals surface area (Å²) in [6, 6.07) is 11.6. The van der Waals surface area contributed by atoms with E-state index in [2.05, 4.69) is 0 Å². The van der Waals surface area contributed by atoms with E-state index in [0.29, 0.717) is 10.7 Å². The average molecular weight is 420 g/mol. The summed E-state index contributed by atoms with van der Waals surface area (Å²) in [6.07, 6.45) is 3.41. The molecule has 0 aromatic heterocycles. The maximum atomic E-state index is 12.6. The normalized spacial score (nSPS) is 22.2. The van der Waals surface area contributed by atoms with Gasteiger partial charge in [0.15, 0.2) is 0 Å². The van der Waals surface area contributed by atoms with Crippen molar-refractivity contribution in [2.45, 2.75) is 30.6 Å². The third-order valence-electron chi connectivity index (χ3n) is 5.24. The van der Waals surface area contributed by atoms with Gasteiger partial charge in [-0.05, 0) is 61.4 Å². The third kappa shape index (κ3) is 3.40. The van der Waals surface area contributed by atoms with Gasteiger partial charge in [0.2, 0.25) is 11.8 Å². The largest absolute Gasteiger partial charge is 0.379 e. The Balaban J connectivity index is 1.53. The van der Waals surface area contributed by atoms with Crippen LogP contribution >= 0.6 is 11.6 Å². The average Bonchev–Trinajstić information content (AvgIpc) is 2.94. The van der Waals surface area contributed by atoms with Crippen molar-refractivity contribution in [1.29, 1.82) is 0 Å². The minimum Gasteiger partial charge on any atom is -0.379 e. The SMILES string of the molecule is O=C1C2CCCCC2C(=O)N1c1ccc(OS(=O)(=O)c2ccc(Cl)cc2)cc1. The molecule has 1 saturated heterocycles. The Morgan fingerprint density at radius 2 is 1.39 bits per heavy atom. The van der Waals surface area contributed by atoms with Crippen LogP contribution in [0.5, 0.6) is 5.75 Å². The summed E-state index contributed by atoms with van der Waals surface area (Å²) in [6.45, 7) is 0. The number of fused-ring (bicyclic) bond motifs is 1. The maximum absolute atomic E-state index is 12.6. The Kier molecular flexibility index (Phi) is 4.89. The van der Waals surface area contributed by atoms with Crippen LogP contribution in [0.2, 0.25) is 5.02 Å². The van der Waals surface area contributed by atoms with Gasteiger partial charge in [0.05, 0.1) is 17.5 Å². The second kappa shape index (κ2) is 7.22. The summed E-state index contributed by atoms with van der Waals surface area (Å²) >= 11 is 5.78. The molecule has 2 fully saturated rings. The lowest BCUT2D eigenvalue weighted by Crippen LogP contribution is -2.30. The molecule has 2 amide bonds. The van der Waals surface area contributed by atoms with Gasteiger partial charge in [-0.1, -0.05) is 24.4 Å². The van der Waals surface area contributed by atoms with Crippen LogP contribution in [0.4, 0.5) is 5.69 Å². The van der Waals surface area contributed by atoms with Gasteiger partial charge in [-0.25, -0.2) is 0 Å². The van der Waals surface area contributed by atoms with Gasteiger partial charge in [0.1, 0.15) is 10.6 Å². The van der Waals surface area contributed by atoms with Gasteiger partial charge in [-0.15, -0.1) is 0 Å². The zero-order valence-corrected chi connectivity index (χ0v) is 16.4. The van der Waals surface area contributed by atoms with Crippen LogP contribution < -0.4 is 9.08 Å². The van der Waals surface area contributed by atoms with Crippen LogP contribution in [0.25, 0.3) is 0 Å². The molecular formula is C20H18ClNO5S. The van der Waals surface area contributed by atoms with E-state index in [0.717, 1.165) is 25.7 Å². The number of carbonyl (C=O) groups is 2. The van der Waals surface area contributed by atoms with Gasteiger partial charge < -0.3 is 4.18 Å². The number of halogens is 1. The maximum Gasteiger partial charge on any atom is 0.339 e. The number of imide groups is 1. The van der Waals surface area contributed by atoms with Crippen molar-refractivity contribution in [3.05, 3.63) is 53.6 Å². The Morgan fingerprint density at radius 1 is 0.857 bits per heavy atom. The van der Waals surface area contributed by atoms with Gasteiger partial charge in [-0.2, -0.15) is 8.42 Å². The van der Waals surface area contributed by atoms with E-state index in [4.69, 9.17) is 15.8 Å². The molecule has 6 nitrogen and oxygen atoms in total. The summed E-state index contributed by atoms with van der Waals surface area (Å²) in [5.74, 6) is -0.713. The van der Waals surface area contributed by atoms with Crippen LogP contribution in [0, 0.1) is 11.8 Å². The van der Waals surface area contributed by atoms with Crippen molar-refractivity contribution in [3.63, 3.8) is 0 Å². The first-order chi connectivity index (χ1) is 13.4. The molecular weight excluding hydrogens is 402 g/mol. The lowest BCUT2D eigenvalue weighted by Gasteiger charge is -2.19. The fourth-order valence-electron chi connectivity index (χ4n) is 3.84. The summed E-state index contributed by atoms with van der Waals surface area (Å²) in [5.41, 5.74) is 0.431. The number of nitrogens with zero attached hydrogens (tertiary/aromatic N) is 1. The molecule has 1 aliphatic heterocycles. The molecule has 2 aromatic rings. The van der Waals surface area contributed by atoms with Crippen LogP contribution in [-0.4, -0.2) is 20.2 Å². The van der Waals surface area contributed by atoms with E-state index in [1.807, 2.05) is 0 Å². The second-order valence-electron chi connectivity index (χ2n) is 6.99. The van der Waals surface area contributed by atoms with E-state index in [1.165, 1.54) is 53.4 Å². The number of anilines is 1. The van der Waals surface area contributed by atoms with Gasteiger partial charge in [0, 0.05) is 5.02 Å². The summed E-state index contributed by atoms with van der Waals surface area (Å²) in [4.78, 5) is 26.5. The highest BCUT2D eigenvalue weighted by Crippen LogP contribution is 2.40. The summed E-state index contributed by atoms with van der Waals surface area (Å²) in [7, 11) is -4.01. The highest BCUT2D eigenvalue weighted by atomic mass is 35.5. The first-order valence-corrected chi connectivity index (χ1v) is 10.8. The van der Waals surface area contributed by atoms with E-state index in [-0.39, 0.29) is 34.3 Å². The standard InChI is InChI=1S/C20H18ClNO5S/c21-13-5-11-16(12-6-13)28(25,26)27-15-9-7-14(8-10-15)22-19(23)17-3-1-2-4-18(17)20(22)24/h5-12,17-18H,1-4H2. The van der Waals surface area contributed by atoms with Crippen LogP contribution in [0.15, 0.2) is 53.4 Å². The first kappa shape index (κ1) is 19.0. The quantitative estimate of drug-likeness (QED) is 0.556. The van der Waals surface area contributed by atoms with Crippen molar-refractivity contribution < 1.29 is 22.2 Å². The molecule has 2 unspecified atom stereocenters. The topological polar surface area (TPSA) is 80.8 Å². The molecule has 0 bridgehead atoms. The number of hydrogen-bond acceptors (Lipinski definition) is 5. The molecule has 2 aromatic carbocycles. The molecule has 28 heavy (non-hydrogen) atoms. The molecule has 2 aliphatic rings. The lowest BCUT2D eigenvalue weighted by molar-refractivity contribution is -0.122. The minimum absolute atomic E-state index is 0.0186. The first-order valence-electron chi connectivity index (χ1n) is 9.05. The molecule has 1 aliphatic carbocycles. The lowest BCUT2D eigenvalue weighted by atomic mass is 9.81. The molecule has 146 valence electrons. The molecule has 8 heteroatoms. The predicted molar refractivity (Wildman–Crippen MR) is 104 cm³/mol. The van der Waals surface area contributed by atoms with Crippen LogP contribution in [-0.2, 0) is 19.7 Å². The van der Waals surface area contributed by atoms with E-state index < -0.39 is 10.1 Å². The Bertz CT molecular complexity index is 994. The monoisotopic (exact) mass is 419 g/mol. The van der Waals surface area contributed by atoms with Crippen molar-refractivity contribution in [2.75, 3.05) is 4.90 Å². The molecule has 1 heterocycles. The predicted octanol–water partition coefficient (Wildman–Crippen LogP) is 3.79. The summed E-state index contributed by atoms with van der Waals surface area (Å²) < 4.78 is 29.8. The van der Waals surface area contributed by atoms with Crippen molar-refractivity contribution in [3.8, 4) is 5.75 Å². The van der Waals surface area contributed by atoms with Gasteiger partial charge >= 0.3 is 10.1 Å². The van der Waals surface area contributed by atoms with E-state index in [9.17, 15) is 18.0 Å². The van der Waals surface area contributed by atoms with Crippen molar-refractivity contribution in [1.82, 2.24) is 0 Å². The molecule has 0 radical (unpaired) electrons. The Morgan fingerprint density at radius 3 is 1.93 bits per heavy atom. The highest BCUT2D eigenvalue weighted by Gasteiger charge is 2.48. The van der Waals surface area contributed by atoms with Gasteiger partial charge in [0.25, 0.3) is 0 Å². The van der Waals surface area contributed by atoms with Gasteiger partial charge in [-0.3, -0.25) is 14.5 Å². The molecule has 4 rings (SSSR count). The minimum atomic E-state index is -4.01. The zero-order valence-electron chi connectivity index (χ0n) is 14.9. The van der Waals surface area contributed by atoms with Crippen LogP contribution in [0.3, 0.4) is 0 Å². The number of rotatable bonds is 4. The fraction of sp³-hybridized carbons (Fsp3) is 0.300. The third-order valence-corrected chi connectivity index (χ3v) is 6.76. The zero-order chi connectivity index (χ0) is 19.9. The molecule has 0 N–H and O–H groups in total. The number of benzene rings is 2. The van der Waals surface area contributed by atoms with E-state index >= 15 is 0 Å². The second-order valence-corrected chi connectivity index (χ2v) is 8.98.